The second kappa shape index (κ2) is 7.62. The first-order chi connectivity index (χ1) is 12.1. The lowest BCUT2D eigenvalue weighted by Crippen LogP contribution is -1.98. The molecular weight excluding hydrogens is 336 g/mol. The maximum Gasteiger partial charge on any atom is 0.161 e. The van der Waals surface area contributed by atoms with Crippen molar-refractivity contribution in [3.05, 3.63) is 65.1 Å². The van der Waals surface area contributed by atoms with E-state index in [1.54, 1.807) is 7.11 Å². The molecule has 3 rings (SSSR count). The average molecular weight is 357 g/mol. The zero-order valence-corrected chi connectivity index (χ0v) is 15.3. The van der Waals surface area contributed by atoms with E-state index in [0.717, 1.165) is 22.6 Å². The van der Waals surface area contributed by atoms with E-state index in [-0.39, 0.29) is 0 Å². The van der Waals surface area contributed by atoms with Gasteiger partial charge in [0.15, 0.2) is 11.5 Å². The molecule has 0 saturated carbocycles. The van der Waals surface area contributed by atoms with Crippen LogP contribution in [0.4, 0.5) is 0 Å². The van der Waals surface area contributed by atoms with Gasteiger partial charge in [-0.25, -0.2) is 4.98 Å². The van der Waals surface area contributed by atoms with Crippen LogP contribution in [0.25, 0.3) is 11.3 Å². The van der Waals surface area contributed by atoms with Crippen molar-refractivity contribution in [1.82, 2.24) is 9.97 Å². The van der Waals surface area contributed by atoms with Crippen molar-refractivity contribution in [3.8, 4) is 22.8 Å². The van der Waals surface area contributed by atoms with Crippen LogP contribution in [0.2, 0.25) is 5.02 Å². The molecule has 0 saturated heterocycles. The average Bonchev–Trinajstić information content (AvgIpc) is 3.11. The predicted molar refractivity (Wildman–Crippen MR) is 100 cm³/mol. The summed E-state index contributed by atoms with van der Waals surface area (Å²) in [4.78, 5) is 7.84. The minimum absolute atomic E-state index is 0.359. The summed E-state index contributed by atoms with van der Waals surface area (Å²) < 4.78 is 11.4. The first-order valence-corrected chi connectivity index (χ1v) is 8.55. The molecule has 0 aliphatic heterocycles. The van der Waals surface area contributed by atoms with Gasteiger partial charge in [0.2, 0.25) is 0 Å². The second-order valence-corrected chi connectivity index (χ2v) is 6.54. The summed E-state index contributed by atoms with van der Waals surface area (Å²) >= 11 is 5.90. The van der Waals surface area contributed by atoms with Gasteiger partial charge in [-0.05, 0) is 35.9 Å². The Morgan fingerprint density at radius 2 is 1.84 bits per heavy atom. The zero-order chi connectivity index (χ0) is 17.8. The summed E-state index contributed by atoms with van der Waals surface area (Å²) in [5.74, 6) is 2.70. The van der Waals surface area contributed by atoms with Gasteiger partial charge in [-0.1, -0.05) is 37.6 Å². The number of hydrogen-bond donors (Lipinski definition) is 1. The predicted octanol–water partition coefficient (Wildman–Crippen LogP) is 5.44. The number of benzene rings is 2. The smallest absolute Gasteiger partial charge is 0.161 e. The van der Waals surface area contributed by atoms with Gasteiger partial charge in [0.25, 0.3) is 0 Å². The van der Waals surface area contributed by atoms with Crippen molar-refractivity contribution in [1.29, 1.82) is 0 Å². The Bertz CT molecular complexity index is 841. The number of ether oxygens (including phenoxy) is 2. The molecule has 1 aromatic heterocycles. The molecule has 0 unspecified atom stereocenters. The van der Waals surface area contributed by atoms with E-state index in [4.69, 9.17) is 21.1 Å². The van der Waals surface area contributed by atoms with E-state index in [9.17, 15) is 0 Å². The highest BCUT2D eigenvalue weighted by molar-refractivity contribution is 6.30. The number of halogens is 1. The lowest BCUT2D eigenvalue weighted by molar-refractivity contribution is 0.284. The highest BCUT2D eigenvalue weighted by atomic mass is 35.5. The van der Waals surface area contributed by atoms with E-state index in [2.05, 4.69) is 23.8 Å². The molecule has 3 aromatic rings. The third kappa shape index (κ3) is 4.15. The fraction of sp³-hybridized carbons (Fsp3) is 0.250. The van der Waals surface area contributed by atoms with Crippen molar-refractivity contribution in [2.45, 2.75) is 26.4 Å². The van der Waals surface area contributed by atoms with Crippen molar-refractivity contribution < 1.29 is 9.47 Å². The van der Waals surface area contributed by atoms with Gasteiger partial charge in [0, 0.05) is 22.7 Å². The van der Waals surface area contributed by atoms with Crippen molar-refractivity contribution in [2.75, 3.05) is 7.11 Å². The molecular formula is C20H21ClN2O2. The number of nitrogens with zero attached hydrogens (tertiary/aromatic N) is 1. The Hall–Kier alpha value is -2.46. The molecule has 0 radical (unpaired) electrons. The van der Waals surface area contributed by atoms with E-state index in [0.29, 0.717) is 29.0 Å². The van der Waals surface area contributed by atoms with E-state index in [1.165, 1.54) is 0 Å². The molecule has 0 fully saturated rings. The highest BCUT2D eigenvalue weighted by Crippen LogP contribution is 2.33. The van der Waals surface area contributed by atoms with Crippen molar-refractivity contribution in [2.24, 2.45) is 0 Å². The Balaban J connectivity index is 1.77. The van der Waals surface area contributed by atoms with Crippen LogP contribution in [-0.2, 0) is 6.61 Å². The number of rotatable bonds is 6. The number of aromatic amines is 1. The van der Waals surface area contributed by atoms with Crippen LogP contribution in [0.5, 0.6) is 11.5 Å². The summed E-state index contributed by atoms with van der Waals surface area (Å²) in [6, 6.07) is 13.4. The second-order valence-electron chi connectivity index (χ2n) is 6.11. The van der Waals surface area contributed by atoms with Crippen LogP contribution in [-0.4, -0.2) is 17.1 Å². The van der Waals surface area contributed by atoms with Gasteiger partial charge in [0.1, 0.15) is 12.4 Å². The van der Waals surface area contributed by atoms with Crippen LogP contribution < -0.4 is 9.47 Å². The zero-order valence-electron chi connectivity index (χ0n) is 14.5. The van der Waals surface area contributed by atoms with Gasteiger partial charge in [-0.15, -0.1) is 0 Å². The highest BCUT2D eigenvalue weighted by Gasteiger charge is 2.11. The fourth-order valence-corrected chi connectivity index (χ4v) is 2.59. The molecule has 0 spiro atoms. The Morgan fingerprint density at radius 1 is 1.08 bits per heavy atom. The minimum atomic E-state index is 0.359. The van der Waals surface area contributed by atoms with Crippen molar-refractivity contribution in [3.63, 3.8) is 0 Å². The SMILES string of the molecule is COc1cc(-c2c[nH]c(C(C)C)n2)ccc1OCc1ccc(Cl)cc1. The largest absolute Gasteiger partial charge is 0.493 e. The number of H-pyrrole nitrogens is 1. The number of imidazole rings is 1. The van der Waals surface area contributed by atoms with Gasteiger partial charge in [-0.2, -0.15) is 0 Å². The van der Waals surface area contributed by atoms with E-state index < -0.39 is 0 Å². The fourth-order valence-electron chi connectivity index (χ4n) is 2.47. The Kier molecular flexibility index (Phi) is 5.29. The van der Waals surface area contributed by atoms with Gasteiger partial charge in [-0.3, -0.25) is 0 Å². The Labute approximate surface area is 152 Å². The van der Waals surface area contributed by atoms with E-state index in [1.807, 2.05) is 48.7 Å². The molecule has 0 bridgehead atoms. The normalized spacial score (nSPS) is 10.9. The molecule has 5 heteroatoms. The van der Waals surface area contributed by atoms with Crippen LogP contribution in [0.3, 0.4) is 0 Å². The molecule has 0 aliphatic carbocycles. The first kappa shape index (κ1) is 17.4. The maximum absolute atomic E-state index is 5.90. The molecule has 2 aromatic carbocycles. The van der Waals surface area contributed by atoms with E-state index >= 15 is 0 Å². The molecule has 0 amide bonds. The van der Waals surface area contributed by atoms with Gasteiger partial charge in [0.05, 0.1) is 12.8 Å². The van der Waals surface area contributed by atoms with Gasteiger partial charge >= 0.3 is 0 Å². The quantitative estimate of drug-likeness (QED) is 0.639. The number of methoxy groups -OCH3 is 1. The molecule has 25 heavy (non-hydrogen) atoms. The van der Waals surface area contributed by atoms with Crippen LogP contribution >= 0.6 is 11.6 Å². The Morgan fingerprint density at radius 3 is 2.48 bits per heavy atom. The maximum atomic E-state index is 5.90. The topological polar surface area (TPSA) is 47.1 Å². The third-order valence-electron chi connectivity index (χ3n) is 3.91. The molecule has 4 nitrogen and oxygen atoms in total. The first-order valence-electron chi connectivity index (χ1n) is 8.18. The number of aromatic nitrogens is 2. The summed E-state index contributed by atoms with van der Waals surface area (Å²) in [5.41, 5.74) is 2.93. The lowest BCUT2D eigenvalue weighted by Gasteiger charge is -2.12. The lowest BCUT2D eigenvalue weighted by atomic mass is 10.1. The molecule has 1 heterocycles. The third-order valence-corrected chi connectivity index (χ3v) is 4.16. The molecule has 0 atom stereocenters. The number of nitrogens with one attached hydrogen (secondary N) is 1. The molecule has 0 aliphatic rings. The van der Waals surface area contributed by atoms with Crippen LogP contribution in [0.15, 0.2) is 48.7 Å². The number of hydrogen-bond acceptors (Lipinski definition) is 3. The monoisotopic (exact) mass is 356 g/mol. The summed E-state index contributed by atoms with van der Waals surface area (Å²) in [7, 11) is 1.64. The van der Waals surface area contributed by atoms with Gasteiger partial charge < -0.3 is 14.5 Å². The van der Waals surface area contributed by atoms with Crippen molar-refractivity contribution >= 4 is 11.6 Å². The summed E-state index contributed by atoms with van der Waals surface area (Å²) in [6.07, 6.45) is 1.92. The van der Waals surface area contributed by atoms with Crippen LogP contribution in [0, 0.1) is 0 Å². The molecule has 130 valence electrons. The molecule has 1 N–H and O–H groups in total. The summed E-state index contributed by atoms with van der Waals surface area (Å²) in [6.45, 7) is 4.67. The van der Waals surface area contributed by atoms with Crippen LogP contribution in [0.1, 0.15) is 31.2 Å². The standard InChI is InChI=1S/C20H21ClN2O2/c1-13(2)20-22-11-17(23-20)15-6-9-18(19(10-15)24-3)25-12-14-4-7-16(21)8-5-14/h4-11,13H,12H2,1-3H3,(H,22,23). The minimum Gasteiger partial charge on any atom is -0.493 e. The summed E-state index contributed by atoms with van der Waals surface area (Å²) in [5, 5.41) is 0.713.